The molecule has 0 aliphatic carbocycles. The highest BCUT2D eigenvalue weighted by Crippen LogP contribution is 2.27. The normalized spacial score (nSPS) is 10.8. The Kier molecular flexibility index (Phi) is 7.37. The molecular weight excluding hydrogens is 371 g/mol. The van der Waals surface area contributed by atoms with E-state index < -0.39 is 0 Å². The van der Waals surface area contributed by atoms with Crippen LogP contribution in [0.4, 0.5) is 0 Å². The van der Waals surface area contributed by atoms with Crippen LogP contribution in [0.2, 0.25) is 15.1 Å². The van der Waals surface area contributed by atoms with Crippen molar-refractivity contribution in [1.29, 1.82) is 0 Å². The number of hydrogen-bond donors (Lipinski definition) is 1. The third kappa shape index (κ3) is 6.04. The molecule has 0 aliphatic rings. The van der Waals surface area contributed by atoms with Crippen LogP contribution in [0.15, 0.2) is 47.6 Å². The molecule has 0 saturated heterocycles. The molecule has 4 nitrogen and oxygen atoms in total. The molecule has 0 bridgehead atoms. The maximum Gasteiger partial charge on any atom is 0.240 e. The lowest BCUT2D eigenvalue weighted by Gasteiger charge is -2.07. The van der Waals surface area contributed by atoms with E-state index in [2.05, 4.69) is 10.5 Å². The first-order chi connectivity index (χ1) is 11.6. The van der Waals surface area contributed by atoms with E-state index in [9.17, 15) is 4.79 Å². The number of carbonyl (C=O) groups is 1. The van der Waals surface area contributed by atoms with Crippen molar-refractivity contribution in [2.24, 2.45) is 5.10 Å². The summed E-state index contributed by atoms with van der Waals surface area (Å²) in [5.74, 6) is 0.335. The van der Waals surface area contributed by atoms with Crippen LogP contribution >= 0.6 is 34.8 Å². The number of ether oxygens (including phenoxy) is 1. The predicted octanol–water partition coefficient (Wildman–Crippen LogP) is 4.96. The van der Waals surface area contributed by atoms with Crippen LogP contribution in [0.1, 0.15) is 18.4 Å². The molecule has 0 atom stereocenters. The first-order valence-electron chi connectivity index (χ1n) is 7.20. The molecule has 24 heavy (non-hydrogen) atoms. The van der Waals surface area contributed by atoms with Crippen molar-refractivity contribution in [3.8, 4) is 5.75 Å². The van der Waals surface area contributed by atoms with Gasteiger partial charge in [-0.05, 0) is 30.7 Å². The summed E-state index contributed by atoms with van der Waals surface area (Å²) in [6.45, 7) is 0.364. The zero-order valence-corrected chi connectivity index (χ0v) is 14.9. The summed E-state index contributed by atoms with van der Waals surface area (Å²) in [7, 11) is 0. The average Bonchev–Trinajstić information content (AvgIpc) is 2.55. The zero-order chi connectivity index (χ0) is 17.4. The van der Waals surface area contributed by atoms with Gasteiger partial charge >= 0.3 is 0 Å². The van der Waals surface area contributed by atoms with Gasteiger partial charge in [0.05, 0.1) is 17.8 Å². The molecule has 0 fully saturated rings. The van der Waals surface area contributed by atoms with E-state index in [1.165, 1.54) is 6.21 Å². The molecule has 0 aromatic heterocycles. The average molecular weight is 386 g/mol. The molecule has 1 amide bonds. The number of hydrazone groups is 1. The molecule has 0 heterocycles. The first kappa shape index (κ1) is 18.6. The standard InChI is InChI=1S/C17H15Cl3N2O2/c18-13-7-8-16(15(20)10-13)24-9-3-6-17(23)22-21-11-12-4-1-2-5-14(12)19/h1-2,4-5,7-8,10-11H,3,6,9H2,(H,22,23). The summed E-state index contributed by atoms with van der Waals surface area (Å²) < 4.78 is 5.51. The first-order valence-corrected chi connectivity index (χ1v) is 8.34. The molecule has 1 N–H and O–H groups in total. The van der Waals surface area contributed by atoms with Crippen molar-refractivity contribution in [2.75, 3.05) is 6.61 Å². The molecule has 0 saturated carbocycles. The Morgan fingerprint density at radius 2 is 1.92 bits per heavy atom. The number of nitrogens with zero attached hydrogens (tertiary/aromatic N) is 1. The monoisotopic (exact) mass is 384 g/mol. The van der Waals surface area contributed by atoms with E-state index in [1.54, 1.807) is 24.3 Å². The van der Waals surface area contributed by atoms with Crippen molar-refractivity contribution in [3.05, 3.63) is 63.1 Å². The van der Waals surface area contributed by atoms with Crippen LogP contribution in [-0.4, -0.2) is 18.7 Å². The third-order valence-corrected chi connectivity index (χ3v) is 3.87. The summed E-state index contributed by atoms with van der Waals surface area (Å²) in [5.41, 5.74) is 3.18. The topological polar surface area (TPSA) is 50.7 Å². The maximum atomic E-state index is 11.7. The second kappa shape index (κ2) is 9.52. The summed E-state index contributed by atoms with van der Waals surface area (Å²) >= 11 is 17.8. The molecule has 126 valence electrons. The smallest absolute Gasteiger partial charge is 0.240 e. The van der Waals surface area contributed by atoms with Gasteiger partial charge in [0.25, 0.3) is 0 Å². The molecular formula is C17H15Cl3N2O2. The fourth-order valence-electron chi connectivity index (χ4n) is 1.82. The summed E-state index contributed by atoms with van der Waals surface area (Å²) in [4.78, 5) is 11.7. The van der Waals surface area contributed by atoms with Crippen LogP contribution < -0.4 is 10.2 Å². The Labute approximate surface area is 155 Å². The van der Waals surface area contributed by atoms with Crippen molar-refractivity contribution in [3.63, 3.8) is 0 Å². The van der Waals surface area contributed by atoms with Crippen LogP contribution in [0.3, 0.4) is 0 Å². The van der Waals surface area contributed by atoms with Gasteiger partial charge in [-0.25, -0.2) is 5.43 Å². The Bertz CT molecular complexity index is 736. The summed E-state index contributed by atoms with van der Waals surface area (Å²) in [6.07, 6.45) is 2.32. The lowest BCUT2D eigenvalue weighted by molar-refractivity contribution is -0.121. The number of hydrogen-bond acceptors (Lipinski definition) is 3. The van der Waals surface area contributed by atoms with E-state index in [0.717, 1.165) is 5.56 Å². The van der Waals surface area contributed by atoms with Crippen molar-refractivity contribution >= 4 is 46.9 Å². The fraction of sp³-hybridized carbons (Fsp3) is 0.176. The number of halogens is 3. The quantitative estimate of drug-likeness (QED) is 0.416. The summed E-state index contributed by atoms with van der Waals surface area (Å²) in [5, 5.41) is 5.44. The van der Waals surface area contributed by atoms with Crippen LogP contribution in [-0.2, 0) is 4.79 Å². The number of benzene rings is 2. The lowest BCUT2D eigenvalue weighted by Crippen LogP contribution is -2.18. The largest absolute Gasteiger partial charge is 0.492 e. The van der Waals surface area contributed by atoms with Crippen LogP contribution in [0.5, 0.6) is 5.75 Å². The number of rotatable bonds is 7. The number of nitrogens with one attached hydrogen (secondary N) is 1. The van der Waals surface area contributed by atoms with Gasteiger partial charge < -0.3 is 4.74 Å². The van der Waals surface area contributed by atoms with Crippen LogP contribution in [0.25, 0.3) is 0 Å². The molecule has 0 spiro atoms. The van der Waals surface area contributed by atoms with Crippen molar-refractivity contribution < 1.29 is 9.53 Å². The minimum absolute atomic E-state index is 0.205. The summed E-state index contributed by atoms with van der Waals surface area (Å²) in [6, 6.07) is 12.2. The van der Waals surface area contributed by atoms with Crippen LogP contribution in [0, 0.1) is 0 Å². The predicted molar refractivity (Wildman–Crippen MR) is 98.4 cm³/mol. The Morgan fingerprint density at radius 3 is 2.67 bits per heavy atom. The van der Waals surface area contributed by atoms with Gasteiger partial charge in [0.15, 0.2) is 0 Å². The molecule has 2 aromatic rings. The highest BCUT2D eigenvalue weighted by atomic mass is 35.5. The van der Waals surface area contributed by atoms with Gasteiger partial charge in [0.1, 0.15) is 5.75 Å². The highest BCUT2D eigenvalue weighted by molar-refractivity contribution is 6.35. The van der Waals surface area contributed by atoms with Crippen molar-refractivity contribution in [1.82, 2.24) is 5.43 Å². The van der Waals surface area contributed by atoms with Gasteiger partial charge in [0.2, 0.25) is 5.91 Å². The van der Waals surface area contributed by atoms with Gasteiger partial charge in [-0.3, -0.25) is 4.79 Å². The van der Waals surface area contributed by atoms with Gasteiger partial charge in [0, 0.05) is 22.0 Å². The lowest BCUT2D eigenvalue weighted by atomic mass is 10.2. The van der Waals surface area contributed by atoms with Crippen molar-refractivity contribution in [2.45, 2.75) is 12.8 Å². The van der Waals surface area contributed by atoms with E-state index in [0.29, 0.717) is 33.8 Å². The van der Waals surface area contributed by atoms with Gasteiger partial charge in [-0.2, -0.15) is 5.10 Å². The Hall–Kier alpha value is -1.75. The van der Waals surface area contributed by atoms with E-state index in [-0.39, 0.29) is 12.3 Å². The van der Waals surface area contributed by atoms with E-state index in [1.807, 2.05) is 18.2 Å². The molecule has 2 aromatic carbocycles. The highest BCUT2D eigenvalue weighted by Gasteiger charge is 2.04. The number of amides is 1. The SMILES string of the molecule is O=C(CCCOc1ccc(Cl)cc1Cl)NN=Cc1ccccc1Cl. The molecule has 2 rings (SSSR count). The van der Waals surface area contributed by atoms with Gasteiger partial charge in [-0.15, -0.1) is 0 Å². The number of carbonyl (C=O) groups excluding carboxylic acids is 1. The molecule has 0 radical (unpaired) electrons. The molecule has 7 heteroatoms. The fourth-order valence-corrected chi connectivity index (χ4v) is 2.46. The van der Waals surface area contributed by atoms with E-state index >= 15 is 0 Å². The molecule has 0 unspecified atom stereocenters. The van der Waals surface area contributed by atoms with E-state index in [4.69, 9.17) is 39.5 Å². The molecule has 0 aliphatic heterocycles. The Balaban J connectivity index is 1.69. The minimum Gasteiger partial charge on any atom is -0.492 e. The second-order valence-electron chi connectivity index (χ2n) is 4.84. The van der Waals surface area contributed by atoms with Gasteiger partial charge in [-0.1, -0.05) is 53.0 Å². The second-order valence-corrected chi connectivity index (χ2v) is 6.09. The third-order valence-electron chi connectivity index (χ3n) is 3.00. The zero-order valence-electron chi connectivity index (χ0n) is 12.6. The maximum absolute atomic E-state index is 11.7. The Morgan fingerprint density at radius 1 is 1.12 bits per heavy atom. The minimum atomic E-state index is -0.205.